The third-order valence-corrected chi connectivity index (χ3v) is 4.94. The lowest BCUT2D eigenvalue weighted by atomic mass is 10.2. The van der Waals surface area contributed by atoms with E-state index in [0.29, 0.717) is 16.8 Å². The number of anilines is 1. The van der Waals surface area contributed by atoms with Crippen LogP contribution in [0.2, 0.25) is 0 Å². The van der Waals surface area contributed by atoms with Gasteiger partial charge in [0, 0.05) is 11.6 Å². The van der Waals surface area contributed by atoms with Crippen molar-refractivity contribution in [1.29, 1.82) is 5.26 Å². The Morgan fingerprint density at radius 3 is 2.58 bits per heavy atom. The highest BCUT2D eigenvalue weighted by Gasteiger charge is 2.24. The average molecular weight is 341 g/mol. The molecule has 0 spiro atoms. The summed E-state index contributed by atoms with van der Waals surface area (Å²) < 4.78 is 27.4. The molecule has 6 nitrogen and oxygen atoms in total. The molecule has 122 valence electrons. The zero-order chi connectivity index (χ0) is 17.2. The fourth-order valence-electron chi connectivity index (χ4n) is 2.17. The first-order chi connectivity index (χ1) is 11.5. The van der Waals surface area contributed by atoms with Crippen LogP contribution in [-0.2, 0) is 10.0 Å². The molecule has 0 bridgehead atoms. The van der Waals surface area contributed by atoms with Gasteiger partial charge in [-0.15, -0.1) is 0 Å². The van der Waals surface area contributed by atoms with E-state index in [9.17, 15) is 13.2 Å². The van der Waals surface area contributed by atoms with E-state index in [1.807, 2.05) is 6.07 Å². The van der Waals surface area contributed by atoms with Gasteiger partial charge in [0.1, 0.15) is 0 Å². The van der Waals surface area contributed by atoms with Gasteiger partial charge in [-0.1, -0.05) is 12.1 Å². The molecule has 0 aromatic heterocycles. The Hall–Kier alpha value is -2.85. The predicted octanol–water partition coefficient (Wildman–Crippen LogP) is 2.25. The van der Waals surface area contributed by atoms with Gasteiger partial charge < -0.3 is 5.32 Å². The number of nitrogens with zero attached hydrogens (tertiary/aromatic N) is 1. The van der Waals surface area contributed by atoms with Crippen molar-refractivity contribution in [3.05, 3.63) is 59.7 Å². The summed E-state index contributed by atoms with van der Waals surface area (Å²) in [5.74, 6) is -0.277. The van der Waals surface area contributed by atoms with E-state index in [4.69, 9.17) is 5.26 Å². The Balaban J connectivity index is 1.83. The maximum absolute atomic E-state index is 12.5. The highest BCUT2D eigenvalue weighted by Crippen LogP contribution is 2.21. The SMILES string of the molecule is N#Cc1cccc(NS(=O)(=O)c2cccc(C(=O)NC3CC3)c2)c1. The summed E-state index contributed by atoms with van der Waals surface area (Å²) in [7, 11) is -3.85. The molecule has 1 fully saturated rings. The molecule has 1 aliphatic carbocycles. The molecule has 0 radical (unpaired) electrons. The summed E-state index contributed by atoms with van der Waals surface area (Å²) >= 11 is 0. The second kappa shape index (κ2) is 6.34. The summed E-state index contributed by atoms with van der Waals surface area (Å²) in [5, 5.41) is 11.7. The smallest absolute Gasteiger partial charge is 0.261 e. The standard InChI is InChI=1S/C17H15N3O3S/c18-11-12-3-1-5-15(9-12)20-24(22,23)16-6-2-4-13(10-16)17(21)19-14-7-8-14/h1-6,9-10,14,20H,7-8H2,(H,19,21). The second-order valence-corrected chi connectivity index (χ2v) is 7.26. The van der Waals surface area contributed by atoms with E-state index < -0.39 is 10.0 Å². The molecular weight excluding hydrogens is 326 g/mol. The highest BCUT2D eigenvalue weighted by atomic mass is 32.2. The minimum absolute atomic E-state index is 0.00620. The Labute approximate surface area is 140 Å². The van der Waals surface area contributed by atoms with Gasteiger partial charge in [-0.3, -0.25) is 9.52 Å². The monoisotopic (exact) mass is 341 g/mol. The largest absolute Gasteiger partial charge is 0.349 e. The summed E-state index contributed by atoms with van der Waals surface area (Å²) in [6.07, 6.45) is 1.92. The average Bonchev–Trinajstić information content (AvgIpc) is 3.38. The fraction of sp³-hybridized carbons (Fsp3) is 0.176. The Morgan fingerprint density at radius 1 is 1.12 bits per heavy atom. The van der Waals surface area contributed by atoms with Gasteiger partial charge in [-0.2, -0.15) is 5.26 Å². The first-order valence-corrected chi connectivity index (χ1v) is 8.90. The third-order valence-electron chi connectivity index (χ3n) is 3.56. The molecule has 0 atom stereocenters. The molecule has 2 aromatic carbocycles. The number of nitriles is 1. The van der Waals surface area contributed by atoms with E-state index in [1.165, 1.54) is 24.3 Å². The first kappa shape index (κ1) is 16.0. The van der Waals surface area contributed by atoms with Crippen molar-refractivity contribution in [2.75, 3.05) is 4.72 Å². The number of hydrogen-bond donors (Lipinski definition) is 2. The normalized spacial score (nSPS) is 13.8. The van der Waals surface area contributed by atoms with Crippen molar-refractivity contribution < 1.29 is 13.2 Å². The van der Waals surface area contributed by atoms with Crippen LogP contribution in [0.25, 0.3) is 0 Å². The quantitative estimate of drug-likeness (QED) is 0.871. The third kappa shape index (κ3) is 3.73. The van der Waals surface area contributed by atoms with Crippen molar-refractivity contribution in [2.45, 2.75) is 23.8 Å². The minimum Gasteiger partial charge on any atom is -0.349 e. The molecule has 2 aromatic rings. The lowest BCUT2D eigenvalue weighted by Crippen LogP contribution is -2.25. The van der Waals surface area contributed by atoms with Crippen LogP contribution in [0.1, 0.15) is 28.8 Å². The number of hydrogen-bond acceptors (Lipinski definition) is 4. The molecule has 3 rings (SSSR count). The van der Waals surface area contributed by atoms with E-state index in [-0.39, 0.29) is 16.8 Å². The minimum atomic E-state index is -3.85. The van der Waals surface area contributed by atoms with Gasteiger partial charge in [0.25, 0.3) is 15.9 Å². The van der Waals surface area contributed by atoms with Crippen LogP contribution in [0.5, 0.6) is 0 Å². The summed E-state index contributed by atoms with van der Waals surface area (Å²) in [6.45, 7) is 0. The summed E-state index contributed by atoms with van der Waals surface area (Å²) in [5.41, 5.74) is 0.949. The molecule has 0 unspecified atom stereocenters. The van der Waals surface area contributed by atoms with Crippen molar-refractivity contribution in [3.8, 4) is 6.07 Å². The van der Waals surface area contributed by atoms with E-state index in [2.05, 4.69) is 10.0 Å². The molecule has 1 saturated carbocycles. The Kier molecular flexibility index (Phi) is 4.23. The number of amides is 1. The molecule has 2 N–H and O–H groups in total. The fourth-order valence-corrected chi connectivity index (χ4v) is 3.26. The maximum atomic E-state index is 12.5. The van der Waals surface area contributed by atoms with Gasteiger partial charge in [0.15, 0.2) is 0 Å². The molecule has 0 saturated heterocycles. The number of nitrogens with one attached hydrogen (secondary N) is 2. The highest BCUT2D eigenvalue weighted by molar-refractivity contribution is 7.92. The van der Waals surface area contributed by atoms with Crippen molar-refractivity contribution in [3.63, 3.8) is 0 Å². The number of carbonyl (C=O) groups excluding carboxylic acids is 1. The Bertz CT molecular complexity index is 928. The molecular formula is C17H15N3O3S. The van der Waals surface area contributed by atoms with Gasteiger partial charge in [0.05, 0.1) is 22.2 Å². The molecule has 0 aliphatic heterocycles. The van der Waals surface area contributed by atoms with Gasteiger partial charge in [-0.05, 0) is 49.2 Å². The van der Waals surface area contributed by atoms with Crippen molar-refractivity contribution in [1.82, 2.24) is 5.32 Å². The van der Waals surface area contributed by atoms with E-state index >= 15 is 0 Å². The van der Waals surface area contributed by atoms with Gasteiger partial charge in [0.2, 0.25) is 0 Å². The number of rotatable bonds is 5. The van der Waals surface area contributed by atoms with Crippen LogP contribution < -0.4 is 10.0 Å². The van der Waals surface area contributed by atoms with E-state index in [0.717, 1.165) is 12.8 Å². The molecule has 1 aliphatic rings. The Morgan fingerprint density at radius 2 is 1.88 bits per heavy atom. The molecule has 7 heteroatoms. The lowest BCUT2D eigenvalue weighted by molar-refractivity contribution is 0.0951. The van der Waals surface area contributed by atoms with Crippen molar-refractivity contribution >= 4 is 21.6 Å². The van der Waals surface area contributed by atoms with Crippen LogP contribution in [0.3, 0.4) is 0 Å². The van der Waals surface area contributed by atoms with Gasteiger partial charge in [-0.25, -0.2) is 8.42 Å². The van der Waals surface area contributed by atoms with Crippen LogP contribution >= 0.6 is 0 Å². The molecule has 24 heavy (non-hydrogen) atoms. The predicted molar refractivity (Wildman–Crippen MR) is 88.9 cm³/mol. The summed E-state index contributed by atoms with van der Waals surface area (Å²) in [6, 6.07) is 14.2. The van der Waals surface area contributed by atoms with E-state index in [1.54, 1.807) is 24.3 Å². The van der Waals surface area contributed by atoms with Crippen LogP contribution in [0, 0.1) is 11.3 Å². The topological polar surface area (TPSA) is 99.1 Å². The van der Waals surface area contributed by atoms with Gasteiger partial charge >= 0.3 is 0 Å². The van der Waals surface area contributed by atoms with Crippen LogP contribution in [0.15, 0.2) is 53.4 Å². The van der Waals surface area contributed by atoms with Crippen molar-refractivity contribution in [2.24, 2.45) is 0 Å². The first-order valence-electron chi connectivity index (χ1n) is 7.42. The lowest BCUT2D eigenvalue weighted by Gasteiger charge is -2.10. The molecule has 1 amide bonds. The summed E-state index contributed by atoms with van der Waals surface area (Å²) in [4.78, 5) is 12.0. The maximum Gasteiger partial charge on any atom is 0.261 e. The zero-order valence-electron chi connectivity index (χ0n) is 12.7. The zero-order valence-corrected chi connectivity index (χ0v) is 13.5. The number of benzene rings is 2. The number of carbonyl (C=O) groups is 1. The van der Waals surface area contributed by atoms with Crippen LogP contribution in [0.4, 0.5) is 5.69 Å². The van der Waals surface area contributed by atoms with Crippen LogP contribution in [-0.4, -0.2) is 20.4 Å². The number of sulfonamides is 1. The molecule has 0 heterocycles. The second-order valence-electron chi connectivity index (χ2n) is 5.57.